The number of carbonyl (C=O) groups is 5. The Morgan fingerprint density at radius 2 is 1.53 bits per heavy atom. The molecule has 0 radical (unpaired) electrons. The fourth-order valence-corrected chi connectivity index (χ4v) is 7.63. The van der Waals surface area contributed by atoms with E-state index in [-0.39, 0.29) is 23.7 Å². The predicted molar refractivity (Wildman–Crippen MR) is 188 cm³/mol. The van der Waals surface area contributed by atoms with Crippen molar-refractivity contribution in [3.8, 4) is 0 Å². The highest BCUT2D eigenvalue weighted by molar-refractivity contribution is 5.93. The molecule has 1 saturated carbocycles. The van der Waals surface area contributed by atoms with Gasteiger partial charge in [-0.15, -0.1) is 0 Å². The molecule has 3 fully saturated rings. The summed E-state index contributed by atoms with van der Waals surface area (Å²) in [6.45, 7) is 9.69. The predicted octanol–water partition coefficient (Wildman–Crippen LogP) is 6.27. The number of nitrogens with zero attached hydrogens (tertiary/aromatic N) is 2. The Bertz CT molecular complexity index is 1480. The molecule has 1 atom stereocenters. The second-order valence-electron chi connectivity index (χ2n) is 15.4. The van der Waals surface area contributed by atoms with Gasteiger partial charge in [0.1, 0.15) is 23.7 Å². The molecular weight excluding hydrogens is 618 g/mol. The average molecular weight is 672 g/mol. The number of benzene rings is 2. The molecule has 0 unspecified atom stereocenters. The Kier molecular flexibility index (Phi) is 11.3. The summed E-state index contributed by atoms with van der Waals surface area (Å²) in [7, 11) is 0. The second kappa shape index (κ2) is 15.3. The summed E-state index contributed by atoms with van der Waals surface area (Å²) < 4.78 is 5.55. The minimum Gasteiger partial charge on any atom is -0.444 e. The molecule has 3 amide bonds. The largest absolute Gasteiger partial charge is 0.444 e. The van der Waals surface area contributed by atoms with E-state index in [1.54, 1.807) is 17.0 Å². The minimum absolute atomic E-state index is 0.0845. The lowest BCUT2D eigenvalue weighted by atomic mass is 9.68. The lowest BCUT2D eigenvalue weighted by Crippen LogP contribution is -2.56. The minimum atomic E-state index is -0.767. The van der Waals surface area contributed by atoms with Gasteiger partial charge in [0.05, 0.1) is 5.41 Å². The van der Waals surface area contributed by atoms with E-state index < -0.39 is 22.5 Å². The van der Waals surface area contributed by atoms with Crippen molar-refractivity contribution < 1.29 is 28.7 Å². The topological polar surface area (TPSA) is 113 Å². The maximum atomic E-state index is 14.3. The maximum absolute atomic E-state index is 14.3. The van der Waals surface area contributed by atoms with Crippen LogP contribution in [0.4, 0.5) is 4.79 Å². The highest BCUT2D eigenvalue weighted by Crippen LogP contribution is 2.52. The van der Waals surface area contributed by atoms with Gasteiger partial charge in [0.2, 0.25) is 11.8 Å². The van der Waals surface area contributed by atoms with Gasteiger partial charge in [-0.25, -0.2) is 4.79 Å². The number of amides is 3. The van der Waals surface area contributed by atoms with E-state index in [0.29, 0.717) is 63.3 Å². The smallest absolute Gasteiger partial charge is 0.410 e. The molecule has 2 aliphatic heterocycles. The van der Waals surface area contributed by atoms with E-state index in [0.717, 1.165) is 55.9 Å². The lowest BCUT2D eigenvalue weighted by molar-refractivity contribution is -0.140. The number of ether oxygens (including phenoxy) is 1. The molecule has 2 saturated heterocycles. The first-order valence-electron chi connectivity index (χ1n) is 18.1. The first-order chi connectivity index (χ1) is 23.4. The number of nitrogens with one attached hydrogen (secondary N) is 1. The summed E-state index contributed by atoms with van der Waals surface area (Å²) in [5, 5.41) is 3.18. The third-order valence-electron chi connectivity index (χ3n) is 10.7. The van der Waals surface area contributed by atoms with Gasteiger partial charge in [-0.3, -0.25) is 19.2 Å². The Morgan fingerprint density at radius 3 is 2.08 bits per heavy atom. The van der Waals surface area contributed by atoms with E-state index >= 15 is 0 Å². The van der Waals surface area contributed by atoms with Gasteiger partial charge in [-0.05, 0) is 89.2 Å². The number of Topliss-reactive ketones (excluding diaryl/α,β-unsaturated/α-hetero) is 1. The molecule has 1 aliphatic carbocycles. The van der Waals surface area contributed by atoms with Gasteiger partial charge in [-0.1, -0.05) is 61.5 Å². The average Bonchev–Trinajstić information content (AvgIpc) is 3.88. The molecule has 9 heteroatoms. The Morgan fingerprint density at radius 1 is 0.898 bits per heavy atom. The molecule has 3 aliphatic rings. The van der Waals surface area contributed by atoms with Crippen LogP contribution >= 0.6 is 0 Å². The zero-order chi connectivity index (χ0) is 35.2. The normalized spacial score (nSPS) is 19.4. The van der Waals surface area contributed by atoms with Gasteiger partial charge in [-0.2, -0.15) is 0 Å². The summed E-state index contributed by atoms with van der Waals surface area (Å²) in [6, 6.07) is 16.3. The number of rotatable bonds is 12. The highest BCUT2D eigenvalue weighted by atomic mass is 16.6. The number of ketones is 1. The van der Waals surface area contributed by atoms with E-state index in [4.69, 9.17) is 4.74 Å². The molecule has 0 aromatic heterocycles. The highest BCUT2D eigenvalue weighted by Gasteiger charge is 2.52. The zero-order valence-corrected chi connectivity index (χ0v) is 29.7. The van der Waals surface area contributed by atoms with Crippen LogP contribution in [0.2, 0.25) is 0 Å². The van der Waals surface area contributed by atoms with Crippen LogP contribution in [0.15, 0.2) is 54.6 Å². The van der Waals surface area contributed by atoms with Crippen molar-refractivity contribution in [1.29, 1.82) is 0 Å². The fraction of sp³-hybridized carbons (Fsp3) is 0.575. The second-order valence-corrected chi connectivity index (χ2v) is 15.4. The Hall–Kier alpha value is -4.01. The molecule has 264 valence electrons. The van der Waals surface area contributed by atoms with E-state index in [1.165, 1.54) is 0 Å². The van der Waals surface area contributed by atoms with Crippen molar-refractivity contribution >= 4 is 30.0 Å². The third-order valence-corrected chi connectivity index (χ3v) is 10.7. The van der Waals surface area contributed by atoms with E-state index in [1.807, 2.05) is 75.1 Å². The number of aldehydes is 1. The lowest BCUT2D eigenvalue weighted by Gasteiger charge is -2.42. The number of hydrogen-bond donors (Lipinski definition) is 1. The number of piperidine rings is 2. The fourth-order valence-electron chi connectivity index (χ4n) is 7.63. The summed E-state index contributed by atoms with van der Waals surface area (Å²) in [5.41, 5.74) is 0.755. The van der Waals surface area contributed by atoms with Crippen LogP contribution in [-0.2, 0) is 31.0 Å². The molecule has 2 heterocycles. The van der Waals surface area contributed by atoms with Crippen LogP contribution in [0, 0.1) is 11.3 Å². The van der Waals surface area contributed by atoms with Crippen molar-refractivity contribution in [2.24, 2.45) is 11.3 Å². The molecule has 1 N–H and O–H groups in total. The standard InChI is InChI=1S/C40H53N3O6/c1-5-9-34(45)40(32-10-7-6-8-11-32)20-24-42(25-21-40)35(46)33(26-29-12-14-31(28-44)15-13-29)41-36(47)39(18-19-39)27-30-16-22-43(23-17-30)37(48)49-38(2,3)4/h6-8,10-15,28,30,33H,5,9,16-27H2,1-4H3,(H,41,47)/t33-/m1/s1. The van der Waals surface area contributed by atoms with Crippen molar-refractivity contribution in [1.82, 2.24) is 15.1 Å². The molecule has 49 heavy (non-hydrogen) atoms. The molecule has 2 aromatic rings. The SMILES string of the molecule is CCCC(=O)C1(c2ccccc2)CCN(C(=O)[C@@H](Cc2ccc(C=O)cc2)NC(=O)C2(CC3CCN(C(=O)OC(C)(C)C)CC3)CC2)CC1. The van der Waals surface area contributed by atoms with E-state index in [2.05, 4.69) is 5.32 Å². The van der Waals surface area contributed by atoms with Gasteiger partial charge >= 0.3 is 6.09 Å². The van der Waals surface area contributed by atoms with Crippen LogP contribution in [0.3, 0.4) is 0 Å². The molecule has 2 aromatic carbocycles. The summed E-state index contributed by atoms with van der Waals surface area (Å²) in [4.78, 5) is 69.2. The summed E-state index contributed by atoms with van der Waals surface area (Å²) >= 11 is 0. The third kappa shape index (κ3) is 8.78. The van der Waals surface area contributed by atoms with Crippen LogP contribution in [0.1, 0.15) is 107 Å². The summed E-state index contributed by atoms with van der Waals surface area (Å²) in [5.74, 6) is 0.310. The molecular formula is C40H53N3O6. The van der Waals surface area contributed by atoms with Crippen LogP contribution in [-0.4, -0.2) is 77.6 Å². The first-order valence-corrected chi connectivity index (χ1v) is 18.1. The number of carbonyl (C=O) groups excluding carboxylic acids is 5. The summed E-state index contributed by atoms with van der Waals surface area (Å²) in [6.07, 6.45) is 7.09. The van der Waals surface area contributed by atoms with Crippen LogP contribution in [0.25, 0.3) is 0 Å². The van der Waals surface area contributed by atoms with Gasteiger partial charge in [0.15, 0.2) is 0 Å². The monoisotopic (exact) mass is 671 g/mol. The molecule has 9 nitrogen and oxygen atoms in total. The van der Waals surface area contributed by atoms with Gasteiger partial charge in [0, 0.05) is 50.0 Å². The molecule has 5 rings (SSSR count). The van der Waals surface area contributed by atoms with Crippen LogP contribution < -0.4 is 5.32 Å². The van der Waals surface area contributed by atoms with Gasteiger partial charge in [0.25, 0.3) is 0 Å². The zero-order valence-electron chi connectivity index (χ0n) is 29.7. The van der Waals surface area contributed by atoms with E-state index in [9.17, 15) is 24.0 Å². The van der Waals surface area contributed by atoms with Crippen molar-refractivity contribution in [3.63, 3.8) is 0 Å². The molecule has 0 spiro atoms. The van der Waals surface area contributed by atoms with Crippen LogP contribution in [0.5, 0.6) is 0 Å². The number of hydrogen-bond acceptors (Lipinski definition) is 6. The van der Waals surface area contributed by atoms with Crippen molar-refractivity contribution in [2.45, 2.75) is 109 Å². The van der Waals surface area contributed by atoms with Crippen molar-refractivity contribution in [3.05, 3.63) is 71.3 Å². The maximum Gasteiger partial charge on any atom is 0.410 e. The quantitative estimate of drug-likeness (QED) is 0.266. The molecule has 0 bridgehead atoms. The van der Waals surface area contributed by atoms with Gasteiger partial charge < -0.3 is 19.9 Å². The Balaban J connectivity index is 1.27. The first kappa shape index (κ1) is 36.3. The van der Waals surface area contributed by atoms with Crippen molar-refractivity contribution in [2.75, 3.05) is 26.2 Å². The Labute approximate surface area is 291 Å². The number of likely N-dealkylation sites (tertiary alicyclic amines) is 2.